The van der Waals surface area contributed by atoms with E-state index in [1.807, 2.05) is 13.0 Å². The maximum Gasteiger partial charge on any atom is -0.00371 e. The smallest absolute Gasteiger partial charge is 0.00371 e. The zero-order chi connectivity index (χ0) is 5.70. The first-order chi connectivity index (χ1) is 3.27. The Bertz CT molecular complexity index is 82.2. The molecule has 0 spiro atoms. The summed E-state index contributed by atoms with van der Waals surface area (Å²) in [5, 5.41) is 0. The van der Waals surface area contributed by atoms with Crippen LogP contribution in [-0.4, -0.2) is 0 Å². The van der Waals surface area contributed by atoms with Crippen molar-refractivity contribution in [1.82, 2.24) is 0 Å². The topological polar surface area (TPSA) is 0 Å². The minimum absolute atomic E-state index is 0.941. The Morgan fingerprint density at radius 1 is 1.86 bits per heavy atom. The summed E-state index contributed by atoms with van der Waals surface area (Å²) in [7, 11) is 0. The Labute approximate surface area is 53.1 Å². The third-order valence-electron chi connectivity index (χ3n) is 0.575. The molecule has 0 aliphatic carbocycles. The van der Waals surface area contributed by atoms with Crippen LogP contribution in [0, 0.1) is 0 Å². The van der Waals surface area contributed by atoms with Crippen LogP contribution < -0.4 is 0 Å². The van der Waals surface area contributed by atoms with Gasteiger partial charge in [-0.3, -0.25) is 0 Å². The Hall–Kier alpha value is -0.0400. The van der Waals surface area contributed by atoms with Crippen LogP contribution >= 0.6 is 15.9 Å². The standard InChI is InChI=1S/C6H9Br/c1-3-4-5-6(2)7/h3-4H,2,5H2,1H3. The van der Waals surface area contributed by atoms with Gasteiger partial charge >= 0.3 is 0 Å². The molecule has 0 aromatic rings. The van der Waals surface area contributed by atoms with Crippen molar-refractivity contribution in [3.8, 4) is 0 Å². The van der Waals surface area contributed by atoms with Gasteiger partial charge in [0.15, 0.2) is 0 Å². The van der Waals surface area contributed by atoms with Gasteiger partial charge in [-0.2, -0.15) is 0 Å². The molecule has 0 rings (SSSR count). The average molecular weight is 161 g/mol. The molecular weight excluding hydrogens is 152 g/mol. The van der Waals surface area contributed by atoms with Gasteiger partial charge in [-0.25, -0.2) is 0 Å². The summed E-state index contributed by atoms with van der Waals surface area (Å²) in [6, 6.07) is 0. The van der Waals surface area contributed by atoms with E-state index in [1.165, 1.54) is 0 Å². The third-order valence-corrected chi connectivity index (χ3v) is 0.899. The molecule has 7 heavy (non-hydrogen) atoms. The molecule has 0 amide bonds. The second kappa shape index (κ2) is 4.13. The molecule has 0 aromatic heterocycles. The molecule has 0 aromatic carbocycles. The fourth-order valence-corrected chi connectivity index (χ4v) is 0.433. The van der Waals surface area contributed by atoms with Gasteiger partial charge in [-0.1, -0.05) is 34.7 Å². The fraction of sp³-hybridized carbons (Fsp3) is 0.333. The number of allylic oxidation sites excluding steroid dienone is 3. The quantitative estimate of drug-likeness (QED) is 0.546. The molecule has 0 unspecified atom stereocenters. The lowest BCUT2D eigenvalue weighted by Crippen LogP contribution is -1.58. The number of halogens is 1. The Balaban J connectivity index is 3.14. The van der Waals surface area contributed by atoms with Crippen LogP contribution in [0.3, 0.4) is 0 Å². The van der Waals surface area contributed by atoms with Crippen molar-refractivity contribution in [1.29, 1.82) is 0 Å². The maximum absolute atomic E-state index is 3.66. The van der Waals surface area contributed by atoms with Gasteiger partial charge in [0, 0.05) is 0 Å². The number of hydrogen-bond donors (Lipinski definition) is 0. The summed E-state index contributed by atoms with van der Waals surface area (Å²) in [4.78, 5) is 0. The van der Waals surface area contributed by atoms with E-state index in [0.29, 0.717) is 0 Å². The van der Waals surface area contributed by atoms with Gasteiger partial charge in [-0.05, 0) is 17.8 Å². The molecule has 0 heterocycles. The second-order valence-electron chi connectivity index (χ2n) is 1.29. The van der Waals surface area contributed by atoms with Crippen molar-refractivity contribution in [2.75, 3.05) is 0 Å². The molecule has 0 saturated carbocycles. The van der Waals surface area contributed by atoms with Gasteiger partial charge in [0.1, 0.15) is 0 Å². The van der Waals surface area contributed by atoms with E-state index < -0.39 is 0 Å². The van der Waals surface area contributed by atoms with Crippen molar-refractivity contribution in [2.24, 2.45) is 0 Å². The van der Waals surface area contributed by atoms with E-state index in [1.54, 1.807) is 0 Å². The van der Waals surface area contributed by atoms with Crippen LogP contribution in [0.1, 0.15) is 13.3 Å². The van der Waals surface area contributed by atoms with E-state index >= 15 is 0 Å². The molecule has 0 N–H and O–H groups in total. The second-order valence-corrected chi connectivity index (χ2v) is 2.41. The number of rotatable bonds is 2. The molecule has 0 aliphatic rings. The van der Waals surface area contributed by atoms with E-state index in [2.05, 4.69) is 28.6 Å². The van der Waals surface area contributed by atoms with E-state index in [0.717, 1.165) is 10.9 Å². The van der Waals surface area contributed by atoms with Crippen LogP contribution in [0.2, 0.25) is 0 Å². The summed E-state index contributed by atoms with van der Waals surface area (Å²) in [5.41, 5.74) is 0. The van der Waals surface area contributed by atoms with Crippen molar-refractivity contribution in [3.63, 3.8) is 0 Å². The van der Waals surface area contributed by atoms with Crippen molar-refractivity contribution >= 4 is 15.9 Å². The molecular formula is C6H9Br. The summed E-state index contributed by atoms with van der Waals surface area (Å²) < 4.78 is 1.03. The first-order valence-corrected chi connectivity index (χ1v) is 3.01. The molecule has 1 heteroatoms. The summed E-state index contributed by atoms with van der Waals surface area (Å²) in [6.07, 6.45) is 5.00. The molecule has 0 atom stereocenters. The van der Waals surface area contributed by atoms with E-state index in [-0.39, 0.29) is 0 Å². The predicted molar refractivity (Wildman–Crippen MR) is 37.5 cm³/mol. The summed E-state index contributed by atoms with van der Waals surface area (Å²) in [5.74, 6) is 0. The highest BCUT2D eigenvalue weighted by Gasteiger charge is 1.76. The highest BCUT2D eigenvalue weighted by atomic mass is 79.9. The van der Waals surface area contributed by atoms with Crippen LogP contribution in [0.4, 0.5) is 0 Å². The van der Waals surface area contributed by atoms with Crippen LogP contribution in [0.25, 0.3) is 0 Å². The minimum Gasteiger partial charge on any atom is -0.0913 e. The van der Waals surface area contributed by atoms with Gasteiger partial charge < -0.3 is 0 Å². The Morgan fingerprint density at radius 3 is 2.57 bits per heavy atom. The molecule has 0 nitrogen and oxygen atoms in total. The first-order valence-electron chi connectivity index (χ1n) is 2.22. The summed E-state index contributed by atoms with van der Waals surface area (Å²) in [6.45, 7) is 5.65. The fourth-order valence-electron chi connectivity index (χ4n) is 0.246. The van der Waals surface area contributed by atoms with E-state index in [9.17, 15) is 0 Å². The maximum atomic E-state index is 3.66. The highest BCUT2D eigenvalue weighted by Crippen LogP contribution is 2.05. The lowest BCUT2D eigenvalue weighted by molar-refractivity contribution is 1.37. The van der Waals surface area contributed by atoms with Gasteiger partial charge in [0.05, 0.1) is 0 Å². The van der Waals surface area contributed by atoms with Crippen molar-refractivity contribution in [3.05, 3.63) is 23.2 Å². The monoisotopic (exact) mass is 160 g/mol. The average Bonchev–Trinajstić information content (AvgIpc) is 1.61. The SMILES string of the molecule is C=C(Br)CC=CC. The normalized spacial score (nSPS) is 10.0. The van der Waals surface area contributed by atoms with Crippen molar-refractivity contribution < 1.29 is 0 Å². The van der Waals surface area contributed by atoms with Crippen LogP contribution in [-0.2, 0) is 0 Å². The largest absolute Gasteiger partial charge is 0.0913 e. The van der Waals surface area contributed by atoms with Crippen LogP contribution in [0.15, 0.2) is 23.2 Å². The molecule has 40 valence electrons. The van der Waals surface area contributed by atoms with Gasteiger partial charge in [-0.15, -0.1) is 0 Å². The highest BCUT2D eigenvalue weighted by molar-refractivity contribution is 9.11. The molecule has 0 radical (unpaired) electrons. The lowest BCUT2D eigenvalue weighted by atomic mass is 10.4. The summed E-state index contributed by atoms with van der Waals surface area (Å²) >= 11 is 3.23. The van der Waals surface area contributed by atoms with Gasteiger partial charge in [0.25, 0.3) is 0 Å². The van der Waals surface area contributed by atoms with Crippen LogP contribution in [0.5, 0.6) is 0 Å². The van der Waals surface area contributed by atoms with Gasteiger partial charge in [0.2, 0.25) is 0 Å². The molecule has 0 fully saturated rings. The number of hydrogen-bond acceptors (Lipinski definition) is 0. The van der Waals surface area contributed by atoms with E-state index in [4.69, 9.17) is 0 Å². The molecule has 0 saturated heterocycles. The Morgan fingerprint density at radius 2 is 2.43 bits per heavy atom. The first kappa shape index (κ1) is 6.96. The molecule has 0 aliphatic heterocycles. The predicted octanol–water partition coefficient (Wildman–Crippen LogP) is 2.86. The zero-order valence-corrected chi connectivity index (χ0v) is 6.03. The minimum atomic E-state index is 0.941. The van der Waals surface area contributed by atoms with Crippen molar-refractivity contribution in [2.45, 2.75) is 13.3 Å². The zero-order valence-electron chi connectivity index (χ0n) is 4.45. The lowest BCUT2D eigenvalue weighted by Gasteiger charge is -1.82. The third kappa shape index (κ3) is 5.96. The molecule has 0 bridgehead atoms. The Kier molecular flexibility index (Phi) is 4.10.